The van der Waals surface area contributed by atoms with Crippen LogP contribution in [0.4, 0.5) is 17.1 Å². The Bertz CT molecular complexity index is 1330. The van der Waals surface area contributed by atoms with Crippen LogP contribution in [0.1, 0.15) is 25.0 Å². The third kappa shape index (κ3) is 4.22. The molecule has 6 rings (SSSR count). The van der Waals surface area contributed by atoms with E-state index in [0.29, 0.717) is 0 Å². The van der Waals surface area contributed by atoms with Crippen molar-refractivity contribution in [3.8, 4) is 0 Å². The van der Waals surface area contributed by atoms with Gasteiger partial charge in [0.05, 0.1) is 29.5 Å². The minimum atomic E-state index is -0.134. The van der Waals surface area contributed by atoms with E-state index in [4.69, 9.17) is 14.7 Å². The maximum absolute atomic E-state index is 6.46. The molecule has 0 spiro atoms. The molecule has 2 aromatic carbocycles. The Morgan fingerprint density at radius 2 is 1.89 bits per heavy atom. The Hall–Kier alpha value is -3.42. The lowest BCUT2D eigenvalue weighted by atomic mass is 10.0. The van der Waals surface area contributed by atoms with E-state index in [9.17, 15) is 0 Å². The van der Waals surface area contributed by atoms with Crippen LogP contribution in [0.25, 0.3) is 16.5 Å². The molecule has 7 heteroatoms. The first kappa shape index (κ1) is 23.0. The first-order chi connectivity index (χ1) is 17.6. The molecule has 0 bridgehead atoms. The average molecular weight is 483 g/mol. The summed E-state index contributed by atoms with van der Waals surface area (Å²) >= 11 is 0. The number of para-hydroxylation sites is 1. The zero-order chi connectivity index (χ0) is 24.6. The topological polar surface area (TPSA) is 65.0 Å². The smallest absolute Gasteiger partial charge is 0.134 e. The summed E-state index contributed by atoms with van der Waals surface area (Å²) in [6.07, 6.45) is 1.80. The van der Waals surface area contributed by atoms with E-state index < -0.39 is 0 Å². The van der Waals surface area contributed by atoms with E-state index in [1.54, 1.807) is 0 Å². The van der Waals surface area contributed by atoms with Crippen molar-refractivity contribution in [3.05, 3.63) is 66.4 Å². The number of anilines is 2. The zero-order valence-electron chi connectivity index (χ0n) is 21.1. The van der Waals surface area contributed by atoms with Crippen molar-refractivity contribution in [2.45, 2.75) is 32.6 Å². The molecule has 1 aromatic heterocycles. The second kappa shape index (κ2) is 9.56. The van der Waals surface area contributed by atoms with Gasteiger partial charge in [0.15, 0.2) is 0 Å². The molecule has 2 saturated heterocycles. The Kier molecular flexibility index (Phi) is 6.11. The number of ether oxygens (including phenoxy) is 1. The van der Waals surface area contributed by atoms with Crippen LogP contribution in [0.15, 0.2) is 60.2 Å². The van der Waals surface area contributed by atoms with E-state index in [2.05, 4.69) is 70.3 Å². The molecule has 4 heterocycles. The Morgan fingerprint density at radius 3 is 2.72 bits per heavy atom. The van der Waals surface area contributed by atoms with E-state index >= 15 is 0 Å². The minimum absolute atomic E-state index is 0.0746. The zero-order valence-corrected chi connectivity index (χ0v) is 21.1. The number of hydrogen-bond acceptors (Lipinski definition) is 7. The van der Waals surface area contributed by atoms with Gasteiger partial charge in [-0.1, -0.05) is 24.8 Å². The Morgan fingerprint density at radius 1 is 1.03 bits per heavy atom. The highest BCUT2D eigenvalue weighted by Crippen LogP contribution is 2.36. The quantitative estimate of drug-likeness (QED) is 0.584. The molecule has 2 atom stereocenters. The lowest BCUT2D eigenvalue weighted by Crippen LogP contribution is -2.53. The molecule has 2 N–H and O–H groups in total. The number of aromatic nitrogens is 1. The van der Waals surface area contributed by atoms with Crippen molar-refractivity contribution in [3.63, 3.8) is 0 Å². The molecule has 0 amide bonds. The Labute approximate surface area is 212 Å². The summed E-state index contributed by atoms with van der Waals surface area (Å²) in [7, 11) is 0. The van der Waals surface area contributed by atoms with Crippen LogP contribution in [0.5, 0.6) is 0 Å². The van der Waals surface area contributed by atoms with Gasteiger partial charge in [-0.25, -0.2) is 4.99 Å². The molecule has 3 aromatic rings. The number of allylic oxidation sites excluding steroid dienone is 1. The van der Waals surface area contributed by atoms with Crippen molar-refractivity contribution in [2.75, 3.05) is 49.1 Å². The van der Waals surface area contributed by atoms with E-state index in [1.165, 1.54) is 16.9 Å². The number of piperazine rings is 1. The number of morpholine rings is 1. The fraction of sp³-hybridized carbons (Fsp3) is 0.379. The van der Waals surface area contributed by atoms with Crippen molar-refractivity contribution < 1.29 is 4.74 Å². The number of amidine groups is 1. The Balaban J connectivity index is 1.33. The molecule has 3 aliphatic rings. The summed E-state index contributed by atoms with van der Waals surface area (Å²) in [5.74, 6) is 0.919. The number of aliphatic imine (C=N–C) groups is 1. The predicted molar refractivity (Wildman–Crippen MR) is 148 cm³/mol. The van der Waals surface area contributed by atoms with Crippen LogP contribution in [-0.4, -0.2) is 62.3 Å². The summed E-state index contributed by atoms with van der Waals surface area (Å²) in [4.78, 5) is 14.7. The number of hydrogen-bond donors (Lipinski definition) is 2. The summed E-state index contributed by atoms with van der Waals surface area (Å²) in [6, 6.07) is 15.0. The first-order valence-corrected chi connectivity index (χ1v) is 12.9. The number of nitrogens with one attached hydrogen (secondary N) is 2. The number of pyridine rings is 1. The molecule has 0 aliphatic carbocycles. The maximum atomic E-state index is 6.46. The number of benzene rings is 2. The molecular formula is C29H34N6O. The van der Waals surface area contributed by atoms with Gasteiger partial charge in [0, 0.05) is 62.1 Å². The van der Waals surface area contributed by atoms with Crippen LogP contribution in [0.3, 0.4) is 0 Å². The summed E-state index contributed by atoms with van der Waals surface area (Å²) in [5.41, 5.74) is 7.86. The van der Waals surface area contributed by atoms with Crippen molar-refractivity contribution >= 4 is 39.4 Å². The second-order valence-corrected chi connectivity index (χ2v) is 10.0. The van der Waals surface area contributed by atoms with Gasteiger partial charge in [0.1, 0.15) is 11.9 Å². The highest BCUT2D eigenvalue weighted by Gasteiger charge is 2.32. The van der Waals surface area contributed by atoms with Crippen molar-refractivity contribution in [2.24, 2.45) is 4.99 Å². The third-order valence-electron chi connectivity index (χ3n) is 7.36. The molecule has 2 fully saturated rings. The average Bonchev–Trinajstić information content (AvgIpc) is 2.92. The highest BCUT2D eigenvalue weighted by molar-refractivity contribution is 5.99. The van der Waals surface area contributed by atoms with Crippen LogP contribution in [0.2, 0.25) is 0 Å². The van der Waals surface area contributed by atoms with Crippen LogP contribution >= 0.6 is 0 Å². The molecule has 2 unspecified atom stereocenters. The fourth-order valence-corrected chi connectivity index (χ4v) is 5.62. The van der Waals surface area contributed by atoms with Gasteiger partial charge in [-0.15, -0.1) is 0 Å². The van der Waals surface area contributed by atoms with Gasteiger partial charge < -0.3 is 25.2 Å². The van der Waals surface area contributed by atoms with Crippen LogP contribution in [0, 0.1) is 0 Å². The van der Waals surface area contributed by atoms with Crippen LogP contribution < -0.4 is 20.4 Å². The monoisotopic (exact) mass is 482 g/mol. The SMILES string of the molecule is C=C(C)c1ccc(N2CC(C)OC(C3=Nc4c(cccc4N4CCNCC4)CN3)C2)c2cccnc12. The van der Waals surface area contributed by atoms with Gasteiger partial charge in [-0.2, -0.15) is 0 Å². The normalized spacial score (nSPS) is 22.1. The molecule has 7 nitrogen and oxygen atoms in total. The molecular weight excluding hydrogens is 448 g/mol. The van der Waals surface area contributed by atoms with Gasteiger partial charge in [-0.05, 0) is 49.2 Å². The molecule has 0 radical (unpaired) electrons. The number of nitrogens with zero attached hydrogens (tertiary/aromatic N) is 4. The fourth-order valence-electron chi connectivity index (χ4n) is 5.62. The molecule has 0 saturated carbocycles. The summed E-state index contributed by atoms with van der Waals surface area (Å²) in [6.45, 7) is 14.7. The second-order valence-electron chi connectivity index (χ2n) is 10.0. The number of rotatable bonds is 4. The molecule has 3 aliphatic heterocycles. The molecule has 186 valence electrons. The third-order valence-corrected chi connectivity index (χ3v) is 7.36. The number of fused-ring (bicyclic) bond motifs is 2. The van der Waals surface area contributed by atoms with Gasteiger partial charge in [0.25, 0.3) is 0 Å². The maximum Gasteiger partial charge on any atom is 0.134 e. The van der Waals surface area contributed by atoms with Gasteiger partial charge >= 0.3 is 0 Å². The highest BCUT2D eigenvalue weighted by atomic mass is 16.5. The first-order valence-electron chi connectivity index (χ1n) is 12.9. The van der Waals surface area contributed by atoms with Gasteiger partial charge in [0.2, 0.25) is 0 Å². The van der Waals surface area contributed by atoms with Gasteiger partial charge in [-0.3, -0.25) is 4.98 Å². The van der Waals surface area contributed by atoms with Crippen molar-refractivity contribution in [1.82, 2.24) is 15.6 Å². The van der Waals surface area contributed by atoms with E-state index in [1.807, 2.05) is 19.2 Å². The largest absolute Gasteiger partial charge is 0.367 e. The lowest BCUT2D eigenvalue weighted by Gasteiger charge is -2.40. The molecule has 36 heavy (non-hydrogen) atoms. The lowest BCUT2D eigenvalue weighted by molar-refractivity contribution is 0.0188. The van der Waals surface area contributed by atoms with E-state index in [0.717, 1.165) is 79.4 Å². The predicted octanol–water partition coefficient (Wildman–Crippen LogP) is 4.10. The summed E-state index contributed by atoms with van der Waals surface area (Å²) < 4.78 is 6.46. The van der Waals surface area contributed by atoms with Crippen LogP contribution in [-0.2, 0) is 11.3 Å². The summed E-state index contributed by atoms with van der Waals surface area (Å²) in [5, 5.41) is 8.17. The minimum Gasteiger partial charge on any atom is -0.367 e. The van der Waals surface area contributed by atoms with Crippen molar-refractivity contribution in [1.29, 1.82) is 0 Å². The van der Waals surface area contributed by atoms with E-state index in [-0.39, 0.29) is 12.2 Å². The standard InChI is InChI=1S/C29H34N6O/c1-19(2)22-9-10-24(23-7-5-11-31-28(22)23)35-17-20(3)36-26(18-35)29-32-16-21-6-4-8-25(27(21)33-29)34-14-12-30-13-15-34/h4-11,20,26,30H,1,12-18H2,2-3H3,(H,32,33).